The Bertz CT molecular complexity index is 884. The minimum absolute atomic E-state index is 0.0816. The highest BCUT2D eigenvalue weighted by molar-refractivity contribution is 7.94. The van der Waals surface area contributed by atoms with Crippen LogP contribution in [0.4, 0.5) is 9.18 Å². The zero-order chi connectivity index (χ0) is 18.3. The molecule has 1 aliphatic rings. The Balaban J connectivity index is 2.73. The van der Waals surface area contributed by atoms with Crippen LogP contribution in [0.25, 0.3) is 0 Å². The van der Waals surface area contributed by atoms with Crippen molar-refractivity contribution >= 4 is 21.7 Å². The highest BCUT2D eigenvalue weighted by Gasteiger charge is 2.48. The maximum atomic E-state index is 14.3. The Labute approximate surface area is 140 Å². The molecule has 0 spiro atoms. The molecule has 0 aliphatic carbocycles. The molecule has 0 saturated heterocycles. The van der Waals surface area contributed by atoms with Gasteiger partial charge in [0, 0.05) is 11.1 Å². The molecule has 2 rings (SSSR count). The zero-order valence-corrected chi connectivity index (χ0v) is 14.3. The van der Waals surface area contributed by atoms with Crippen molar-refractivity contribution in [2.75, 3.05) is 5.75 Å². The van der Waals surface area contributed by atoms with Gasteiger partial charge in [-0.1, -0.05) is 5.92 Å². The van der Waals surface area contributed by atoms with E-state index in [1.165, 1.54) is 39.0 Å². The number of hydrogen-bond donors (Lipinski definition) is 3. The number of carbonyl (C=O) groups is 1. The number of terminal acetylenes is 1. The van der Waals surface area contributed by atoms with Crippen LogP contribution in [0.1, 0.15) is 31.9 Å². The lowest BCUT2D eigenvalue weighted by Crippen LogP contribution is -2.57. The number of nitrogens with one attached hydrogen (secondary N) is 2. The number of hydrogen-bond acceptors (Lipinski definition) is 4. The molecule has 0 fully saturated rings. The third kappa shape index (κ3) is 2.87. The number of amidine groups is 1. The minimum Gasteiger partial charge on any atom is -0.465 e. The van der Waals surface area contributed by atoms with Crippen LogP contribution in [0.15, 0.2) is 23.2 Å². The van der Waals surface area contributed by atoms with Crippen LogP contribution in [-0.4, -0.2) is 31.7 Å². The molecule has 3 N–H and O–H groups in total. The number of halogens is 1. The summed E-state index contributed by atoms with van der Waals surface area (Å²) in [5, 5.41) is 11.1. The predicted octanol–water partition coefficient (Wildman–Crippen LogP) is 2.53. The van der Waals surface area contributed by atoms with E-state index in [9.17, 15) is 13.4 Å². The summed E-state index contributed by atoms with van der Waals surface area (Å²) in [6.45, 7) is 4.47. The largest absolute Gasteiger partial charge is 0.465 e. The molecule has 1 aromatic carbocycles. The lowest BCUT2D eigenvalue weighted by molar-refractivity contribution is 0.199. The summed E-state index contributed by atoms with van der Waals surface area (Å²) in [4.78, 5) is 15.4. The standard InChI is InChI=1S/C16H18FN3O3S/c1-5-10-6-7-12(17)11(8-10)16(4)9-24(18,23)15(2,3)13(20-16)19-14(21)22/h1,6-8,18H,9H2,2-4H3,(H,19,20)(H,21,22)/t16-,24?/m0/s1. The molecular weight excluding hydrogens is 333 g/mol. The van der Waals surface area contributed by atoms with Crippen LogP contribution in [0, 0.1) is 22.9 Å². The Morgan fingerprint density at radius 3 is 2.67 bits per heavy atom. The number of rotatable bonds is 1. The molecule has 128 valence electrons. The molecule has 1 amide bonds. The number of nitrogens with zero attached hydrogens (tertiary/aromatic N) is 1. The first-order valence-electron chi connectivity index (χ1n) is 7.06. The second kappa shape index (κ2) is 5.60. The molecule has 0 radical (unpaired) electrons. The van der Waals surface area contributed by atoms with Gasteiger partial charge in [-0.3, -0.25) is 15.1 Å². The van der Waals surface area contributed by atoms with Crippen LogP contribution in [0.2, 0.25) is 0 Å². The van der Waals surface area contributed by atoms with Gasteiger partial charge in [0.05, 0.1) is 15.5 Å². The third-order valence-electron chi connectivity index (χ3n) is 4.18. The highest BCUT2D eigenvalue weighted by atomic mass is 32.2. The van der Waals surface area contributed by atoms with Crippen LogP contribution < -0.4 is 5.32 Å². The van der Waals surface area contributed by atoms with Crippen molar-refractivity contribution < 1.29 is 18.5 Å². The molecule has 1 heterocycles. The van der Waals surface area contributed by atoms with Crippen molar-refractivity contribution in [2.24, 2.45) is 4.99 Å². The fourth-order valence-corrected chi connectivity index (χ4v) is 4.37. The van der Waals surface area contributed by atoms with E-state index >= 15 is 0 Å². The van der Waals surface area contributed by atoms with Crippen LogP contribution in [0.3, 0.4) is 0 Å². The first-order chi connectivity index (χ1) is 10.9. The summed E-state index contributed by atoms with van der Waals surface area (Å²) < 4.78 is 34.2. The second-order valence-corrected chi connectivity index (χ2v) is 8.99. The minimum atomic E-state index is -3.32. The summed E-state index contributed by atoms with van der Waals surface area (Å²) in [5.74, 6) is 1.40. The summed E-state index contributed by atoms with van der Waals surface area (Å²) in [6, 6.07) is 4.01. The van der Waals surface area contributed by atoms with Gasteiger partial charge in [0.25, 0.3) is 0 Å². The van der Waals surface area contributed by atoms with Crippen LogP contribution in [-0.2, 0) is 15.3 Å². The fraction of sp³-hybridized carbons (Fsp3) is 0.375. The topological polar surface area (TPSA) is 103 Å². The molecule has 24 heavy (non-hydrogen) atoms. The van der Waals surface area contributed by atoms with Crippen molar-refractivity contribution in [3.63, 3.8) is 0 Å². The van der Waals surface area contributed by atoms with E-state index in [0.29, 0.717) is 5.56 Å². The van der Waals surface area contributed by atoms with Gasteiger partial charge >= 0.3 is 6.09 Å². The zero-order valence-electron chi connectivity index (χ0n) is 13.5. The summed E-state index contributed by atoms with van der Waals surface area (Å²) in [7, 11) is -3.32. The molecular formula is C16H18FN3O3S. The molecule has 8 heteroatoms. The number of benzene rings is 1. The third-order valence-corrected chi connectivity index (χ3v) is 6.99. The van der Waals surface area contributed by atoms with E-state index in [-0.39, 0.29) is 17.2 Å². The van der Waals surface area contributed by atoms with E-state index in [1.807, 2.05) is 0 Å². The number of aliphatic imine (C=N–C) groups is 1. The van der Waals surface area contributed by atoms with Crippen molar-refractivity contribution in [1.82, 2.24) is 5.32 Å². The van der Waals surface area contributed by atoms with Crippen molar-refractivity contribution in [3.05, 3.63) is 35.1 Å². The fourth-order valence-electron chi connectivity index (χ4n) is 2.59. The van der Waals surface area contributed by atoms with E-state index < -0.39 is 31.9 Å². The first kappa shape index (κ1) is 17.9. The molecule has 1 aliphatic heterocycles. The summed E-state index contributed by atoms with van der Waals surface area (Å²) in [5.41, 5.74) is -0.877. The molecule has 1 unspecified atom stereocenters. The monoisotopic (exact) mass is 351 g/mol. The van der Waals surface area contributed by atoms with Gasteiger partial charge in [-0.25, -0.2) is 13.4 Å². The van der Waals surface area contributed by atoms with Gasteiger partial charge in [0.1, 0.15) is 21.9 Å². The smallest absolute Gasteiger partial charge is 0.410 e. The summed E-state index contributed by atoms with van der Waals surface area (Å²) >= 11 is 0. The van der Waals surface area contributed by atoms with E-state index in [1.54, 1.807) is 0 Å². The molecule has 2 atom stereocenters. The quantitative estimate of drug-likeness (QED) is 0.677. The molecule has 0 saturated carbocycles. The highest BCUT2D eigenvalue weighted by Crippen LogP contribution is 2.38. The Kier molecular flexibility index (Phi) is 4.19. The Morgan fingerprint density at radius 1 is 1.50 bits per heavy atom. The van der Waals surface area contributed by atoms with Crippen LogP contribution >= 0.6 is 0 Å². The van der Waals surface area contributed by atoms with Gasteiger partial charge in [0.2, 0.25) is 0 Å². The van der Waals surface area contributed by atoms with E-state index in [0.717, 1.165) is 0 Å². The van der Waals surface area contributed by atoms with Crippen molar-refractivity contribution in [2.45, 2.75) is 31.1 Å². The Morgan fingerprint density at radius 2 is 2.12 bits per heavy atom. The van der Waals surface area contributed by atoms with Gasteiger partial charge in [-0.15, -0.1) is 6.42 Å². The maximum absolute atomic E-state index is 14.3. The molecule has 6 nitrogen and oxygen atoms in total. The molecule has 1 aromatic rings. The SMILES string of the molecule is C#Cc1ccc(F)c([C@]2(C)CS(=N)(=O)C(C)(C)C(NC(=O)O)=N2)c1. The summed E-state index contributed by atoms with van der Waals surface area (Å²) in [6.07, 6.45) is 3.95. The lowest BCUT2D eigenvalue weighted by Gasteiger charge is -2.40. The maximum Gasteiger partial charge on any atom is 0.410 e. The van der Waals surface area contributed by atoms with E-state index in [4.69, 9.17) is 16.3 Å². The lowest BCUT2D eigenvalue weighted by atomic mass is 9.92. The van der Waals surface area contributed by atoms with Gasteiger partial charge < -0.3 is 5.11 Å². The molecule has 0 aromatic heterocycles. The average Bonchev–Trinajstić information content (AvgIpc) is 2.44. The predicted molar refractivity (Wildman–Crippen MR) is 90.1 cm³/mol. The first-order valence-corrected chi connectivity index (χ1v) is 8.78. The van der Waals surface area contributed by atoms with Gasteiger partial charge in [-0.2, -0.15) is 0 Å². The average molecular weight is 351 g/mol. The van der Waals surface area contributed by atoms with Crippen molar-refractivity contribution in [1.29, 1.82) is 4.78 Å². The van der Waals surface area contributed by atoms with Gasteiger partial charge in [0.15, 0.2) is 0 Å². The normalized spacial score (nSPS) is 28.5. The van der Waals surface area contributed by atoms with Crippen molar-refractivity contribution in [3.8, 4) is 12.3 Å². The Hall–Kier alpha value is -2.40. The second-order valence-electron chi connectivity index (χ2n) is 6.33. The number of carboxylic acid groups (broad SMARTS) is 1. The van der Waals surface area contributed by atoms with Gasteiger partial charge in [-0.05, 0) is 39.0 Å². The van der Waals surface area contributed by atoms with Crippen LogP contribution in [0.5, 0.6) is 0 Å². The molecule has 0 bridgehead atoms. The number of amides is 1. The van der Waals surface area contributed by atoms with E-state index in [2.05, 4.69) is 16.2 Å².